The highest BCUT2D eigenvalue weighted by Crippen LogP contribution is 2.46. The van der Waals surface area contributed by atoms with Gasteiger partial charge in [-0.25, -0.2) is 4.79 Å². The van der Waals surface area contributed by atoms with Crippen LogP contribution in [0.4, 0.5) is 0 Å². The van der Waals surface area contributed by atoms with Crippen LogP contribution in [0.2, 0.25) is 0 Å². The molecule has 0 aromatic rings. The van der Waals surface area contributed by atoms with Gasteiger partial charge in [-0.1, -0.05) is 13.8 Å². The van der Waals surface area contributed by atoms with Gasteiger partial charge in [-0.15, -0.1) is 11.8 Å². The van der Waals surface area contributed by atoms with E-state index in [0.29, 0.717) is 11.3 Å². The van der Waals surface area contributed by atoms with Crippen LogP contribution in [0, 0.1) is 17.3 Å². The molecule has 0 radical (unpaired) electrons. The van der Waals surface area contributed by atoms with Crippen molar-refractivity contribution in [2.75, 3.05) is 6.79 Å². The third-order valence-corrected chi connectivity index (χ3v) is 7.35. The van der Waals surface area contributed by atoms with Gasteiger partial charge in [0.1, 0.15) is 5.70 Å². The largest absolute Gasteiger partial charge is 0.427 e. The molecule has 0 spiro atoms. The number of ether oxygens (including phenoxy) is 2. The second-order valence-electron chi connectivity index (χ2n) is 9.39. The van der Waals surface area contributed by atoms with E-state index in [1.807, 2.05) is 0 Å². The van der Waals surface area contributed by atoms with Gasteiger partial charge in [-0.2, -0.15) is 0 Å². The molecule has 2 N–H and O–H groups in total. The molecular weight excluding hydrogens is 452 g/mol. The van der Waals surface area contributed by atoms with Crippen LogP contribution in [0.3, 0.4) is 0 Å². The maximum atomic E-state index is 13.0. The second-order valence-corrected chi connectivity index (χ2v) is 10.6. The number of aliphatic hydroxyl groups is 1. The number of rotatable bonds is 8. The van der Waals surface area contributed by atoms with Crippen LogP contribution >= 0.6 is 11.8 Å². The predicted octanol–water partition coefficient (Wildman–Crippen LogP) is 1.32. The number of hydrogen-bond donors (Lipinski definition) is 2. The first kappa shape index (κ1) is 26.8. The monoisotopic (exact) mass is 484 g/mol. The Bertz CT molecular complexity index is 848. The summed E-state index contributed by atoms with van der Waals surface area (Å²) in [5, 5.41) is 11.8. The average molecular weight is 485 g/mol. The lowest BCUT2D eigenvalue weighted by Gasteiger charge is -2.32. The number of aliphatic hydroxyl groups excluding tert-OH is 1. The van der Waals surface area contributed by atoms with Crippen molar-refractivity contribution in [3.05, 3.63) is 10.6 Å². The molecule has 0 bridgehead atoms. The first-order chi connectivity index (χ1) is 15.3. The van der Waals surface area contributed by atoms with Gasteiger partial charge < -0.3 is 19.5 Å². The van der Waals surface area contributed by atoms with E-state index in [0.717, 1.165) is 11.8 Å². The molecule has 0 aromatic heterocycles. The van der Waals surface area contributed by atoms with Crippen LogP contribution < -0.4 is 5.32 Å². The van der Waals surface area contributed by atoms with Gasteiger partial charge in [0.15, 0.2) is 0 Å². The molecule has 2 heterocycles. The summed E-state index contributed by atoms with van der Waals surface area (Å²) in [5.74, 6) is -3.06. The fourth-order valence-corrected chi connectivity index (χ4v) is 5.10. The van der Waals surface area contributed by atoms with Crippen molar-refractivity contribution in [1.82, 2.24) is 10.2 Å². The van der Waals surface area contributed by atoms with E-state index in [-0.39, 0.29) is 24.4 Å². The van der Waals surface area contributed by atoms with Gasteiger partial charge in [0.05, 0.1) is 16.8 Å². The molecular formula is C22H32N2O8S. The molecule has 0 aromatic carbocycles. The van der Waals surface area contributed by atoms with E-state index < -0.39 is 59.3 Å². The number of imide groups is 1. The molecule has 1 saturated heterocycles. The maximum absolute atomic E-state index is 13.0. The fourth-order valence-electron chi connectivity index (χ4n) is 3.73. The average Bonchev–Trinajstić information content (AvgIpc) is 2.99. The van der Waals surface area contributed by atoms with E-state index >= 15 is 0 Å². The SMILES string of the molecule is C[C@@H]([C@H]1[C@@H](C)C(S[C@H]2CCC(=O)NC2=O)=C(C(=O)OCOC(=O)C(C)(C)C)N1C=O)[C@@H](C)O. The molecule has 5 atom stereocenters. The van der Waals surface area contributed by atoms with E-state index in [4.69, 9.17) is 9.47 Å². The zero-order valence-corrected chi connectivity index (χ0v) is 20.6. The Morgan fingerprint density at radius 3 is 2.42 bits per heavy atom. The van der Waals surface area contributed by atoms with Crippen LogP contribution in [-0.2, 0) is 33.4 Å². The fraction of sp³-hybridized carbons (Fsp3) is 0.682. The van der Waals surface area contributed by atoms with E-state index in [9.17, 15) is 29.1 Å². The Hall–Kier alpha value is -2.40. The molecule has 0 saturated carbocycles. The quantitative estimate of drug-likeness (QED) is 0.226. The smallest absolute Gasteiger partial charge is 0.358 e. The van der Waals surface area contributed by atoms with E-state index in [1.54, 1.807) is 41.5 Å². The summed E-state index contributed by atoms with van der Waals surface area (Å²) < 4.78 is 10.2. The number of hydrogen-bond acceptors (Lipinski definition) is 9. The Labute approximate surface area is 197 Å². The molecule has 11 heteroatoms. The van der Waals surface area contributed by atoms with Gasteiger partial charge in [-0.3, -0.25) is 24.5 Å². The zero-order valence-electron chi connectivity index (χ0n) is 19.7. The number of amides is 3. The minimum Gasteiger partial charge on any atom is -0.427 e. The van der Waals surface area contributed by atoms with Crippen LogP contribution in [0.25, 0.3) is 0 Å². The minimum absolute atomic E-state index is 0.0588. The van der Waals surface area contributed by atoms with Crippen molar-refractivity contribution in [2.24, 2.45) is 17.3 Å². The Morgan fingerprint density at radius 2 is 1.91 bits per heavy atom. The highest BCUT2D eigenvalue weighted by molar-refractivity contribution is 8.04. The third-order valence-electron chi connectivity index (χ3n) is 5.80. The van der Waals surface area contributed by atoms with Crippen LogP contribution in [0.5, 0.6) is 0 Å². The summed E-state index contributed by atoms with van der Waals surface area (Å²) in [6.07, 6.45) is 0.174. The standard InChI is InChI=1S/C22H32N2O8S/c1-11(13(3)26)16-12(2)18(33-14-7-8-15(27)23-19(14)28)17(24(16)9-25)20(29)31-10-32-21(30)22(4,5)6/h9,11-14,16,26H,7-8,10H2,1-6H3,(H,23,27,28)/t11-,12-,13-,14+,16+/m1/s1. The number of nitrogens with one attached hydrogen (secondary N) is 1. The van der Waals surface area contributed by atoms with E-state index in [1.165, 1.54) is 4.90 Å². The van der Waals surface area contributed by atoms with Crippen molar-refractivity contribution in [1.29, 1.82) is 0 Å². The molecule has 10 nitrogen and oxygen atoms in total. The Balaban J connectivity index is 2.33. The molecule has 0 aliphatic carbocycles. The third kappa shape index (κ3) is 6.14. The molecule has 0 unspecified atom stereocenters. The van der Waals surface area contributed by atoms with Crippen molar-refractivity contribution in [2.45, 2.75) is 71.8 Å². The number of thioether (sulfide) groups is 1. The van der Waals surface area contributed by atoms with Gasteiger partial charge in [0.25, 0.3) is 0 Å². The summed E-state index contributed by atoms with van der Waals surface area (Å²) >= 11 is 1.10. The molecule has 184 valence electrons. The first-order valence-electron chi connectivity index (χ1n) is 10.8. The maximum Gasteiger partial charge on any atom is 0.358 e. The van der Waals surface area contributed by atoms with Gasteiger partial charge in [-0.05, 0) is 34.1 Å². The molecule has 33 heavy (non-hydrogen) atoms. The van der Waals surface area contributed by atoms with Crippen molar-refractivity contribution in [3.63, 3.8) is 0 Å². The summed E-state index contributed by atoms with van der Waals surface area (Å²) in [6.45, 7) is 9.49. The summed E-state index contributed by atoms with van der Waals surface area (Å²) in [5.41, 5.74) is -0.844. The normalized spacial score (nSPS) is 25.4. The lowest BCUT2D eigenvalue weighted by molar-refractivity contribution is -0.172. The number of piperidine rings is 1. The van der Waals surface area contributed by atoms with Crippen LogP contribution in [0.15, 0.2) is 10.6 Å². The Kier molecular flexibility index (Phi) is 8.69. The molecule has 3 amide bonds. The first-order valence-corrected chi connectivity index (χ1v) is 11.7. The van der Waals surface area contributed by atoms with Gasteiger partial charge in [0.2, 0.25) is 25.0 Å². The summed E-state index contributed by atoms with van der Waals surface area (Å²) in [7, 11) is 0. The zero-order chi connectivity index (χ0) is 25.1. The topological polar surface area (TPSA) is 139 Å². The number of carbonyl (C=O) groups excluding carboxylic acids is 5. The van der Waals surface area contributed by atoms with Gasteiger partial charge in [0, 0.05) is 29.2 Å². The summed E-state index contributed by atoms with van der Waals surface area (Å²) in [4.78, 5) is 62.5. The number of carbonyl (C=O) groups is 5. The predicted molar refractivity (Wildman–Crippen MR) is 119 cm³/mol. The second kappa shape index (κ2) is 10.7. The molecule has 2 aliphatic rings. The van der Waals surface area contributed by atoms with Crippen molar-refractivity contribution in [3.8, 4) is 0 Å². The lowest BCUT2D eigenvalue weighted by Crippen LogP contribution is -2.43. The highest BCUT2D eigenvalue weighted by Gasteiger charge is 2.47. The summed E-state index contributed by atoms with van der Waals surface area (Å²) in [6, 6.07) is -0.557. The van der Waals surface area contributed by atoms with Gasteiger partial charge >= 0.3 is 11.9 Å². The number of nitrogens with zero attached hydrogens (tertiary/aromatic N) is 1. The highest BCUT2D eigenvalue weighted by atomic mass is 32.2. The van der Waals surface area contributed by atoms with E-state index in [2.05, 4.69) is 5.32 Å². The minimum atomic E-state index is -0.884. The lowest BCUT2D eigenvalue weighted by atomic mass is 9.88. The van der Waals surface area contributed by atoms with Crippen LogP contribution in [0.1, 0.15) is 54.4 Å². The number of esters is 2. The Morgan fingerprint density at radius 1 is 1.27 bits per heavy atom. The van der Waals surface area contributed by atoms with Crippen LogP contribution in [-0.4, -0.2) is 64.4 Å². The molecule has 2 aliphatic heterocycles. The molecule has 2 rings (SSSR count). The van der Waals surface area contributed by atoms with Crippen molar-refractivity contribution >= 4 is 41.9 Å². The van der Waals surface area contributed by atoms with Crippen molar-refractivity contribution < 1.29 is 38.6 Å². The molecule has 1 fully saturated rings.